The van der Waals surface area contributed by atoms with Gasteiger partial charge < -0.3 is 16.0 Å². The summed E-state index contributed by atoms with van der Waals surface area (Å²) in [6, 6.07) is 7.40. The summed E-state index contributed by atoms with van der Waals surface area (Å²) in [5, 5.41) is 3.61. The zero-order chi connectivity index (χ0) is 15.5. The van der Waals surface area contributed by atoms with Crippen molar-refractivity contribution in [3.05, 3.63) is 51.5 Å². The van der Waals surface area contributed by atoms with Crippen LogP contribution in [0.2, 0.25) is 5.02 Å². The molecule has 8 heteroatoms. The van der Waals surface area contributed by atoms with Crippen LogP contribution < -0.4 is 16.7 Å². The average Bonchev–Trinajstić information content (AvgIpc) is 2.83. The molecule has 0 spiro atoms. The number of benzene rings is 1. The van der Waals surface area contributed by atoms with Crippen LogP contribution >= 0.6 is 11.6 Å². The standard InChI is InChI=1S/C14H15ClN6O/c15-10-4-2-1-3-9(10)8-21-12-11(19-14(21)22)7-18-13(20-12)17-6-5-16/h1-4,7H,5-6,8,16H2,(H,19,22)(H,17,18,20). The number of aromatic amines is 1. The summed E-state index contributed by atoms with van der Waals surface area (Å²) in [4.78, 5) is 23.4. The Kier molecular flexibility index (Phi) is 4.08. The molecule has 7 nitrogen and oxygen atoms in total. The van der Waals surface area contributed by atoms with Gasteiger partial charge in [0.15, 0.2) is 5.65 Å². The molecule has 3 rings (SSSR count). The number of hydrogen-bond donors (Lipinski definition) is 3. The van der Waals surface area contributed by atoms with Crippen molar-refractivity contribution in [2.24, 2.45) is 5.73 Å². The maximum absolute atomic E-state index is 12.1. The van der Waals surface area contributed by atoms with E-state index in [0.717, 1.165) is 5.56 Å². The minimum atomic E-state index is -0.250. The van der Waals surface area contributed by atoms with Gasteiger partial charge in [0.2, 0.25) is 5.95 Å². The third-order valence-corrected chi connectivity index (χ3v) is 3.59. The molecular weight excluding hydrogens is 304 g/mol. The smallest absolute Gasteiger partial charge is 0.328 e. The van der Waals surface area contributed by atoms with Crippen LogP contribution in [-0.4, -0.2) is 32.6 Å². The van der Waals surface area contributed by atoms with Crippen LogP contribution in [0.3, 0.4) is 0 Å². The molecule has 0 amide bonds. The summed E-state index contributed by atoms with van der Waals surface area (Å²) in [5.74, 6) is 0.435. The number of anilines is 1. The molecule has 4 N–H and O–H groups in total. The van der Waals surface area contributed by atoms with E-state index in [1.807, 2.05) is 18.2 Å². The highest BCUT2D eigenvalue weighted by molar-refractivity contribution is 6.31. The molecule has 0 radical (unpaired) electrons. The predicted molar refractivity (Wildman–Crippen MR) is 86.2 cm³/mol. The Hall–Kier alpha value is -2.38. The third-order valence-electron chi connectivity index (χ3n) is 3.22. The van der Waals surface area contributed by atoms with Crippen molar-refractivity contribution in [1.82, 2.24) is 19.5 Å². The van der Waals surface area contributed by atoms with Gasteiger partial charge in [0.1, 0.15) is 5.52 Å². The van der Waals surface area contributed by atoms with Gasteiger partial charge in [-0.15, -0.1) is 0 Å². The van der Waals surface area contributed by atoms with E-state index in [2.05, 4.69) is 20.3 Å². The number of nitrogens with two attached hydrogens (primary N) is 1. The van der Waals surface area contributed by atoms with Gasteiger partial charge >= 0.3 is 5.69 Å². The second kappa shape index (κ2) is 6.17. The molecule has 3 aromatic rings. The van der Waals surface area contributed by atoms with Crippen LogP contribution in [0.1, 0.15) is 5.56 Å². The van der Waals surface area contributed by atoms with Gasteiger partial charge in [0.05, 0.1) is 12.7 Å². The predicted octanol–water partition coefficient (Wildman–Crippen LogP) is 1.19. The first-order valence-electron chi connectivity index (χ1n) is 6.82. The van der Waals surface area contributed by atoms with E-state index in [-0.39, 0.29) is 5.69 Å². The minimum Gasteiger partial charge on any atom is -0.353 e. The van der Waals surface area contributed by atoms with Crippen molar-refractivity contribution in [2.75, 3.05) is 18.4 Å². The van der Waals surface area contributed by atoms with Crippen molar-refractivity contribution >= 4 is 28.7 Å². The maximum atomic E-state index is 12.1. The molecular formula is C14H15ClN6O. The summed E-state index contributed by atoms with van der Waals surface area (Å²) in [7, 11) is 0. The molecule has 2 aromatic heterocycles. The third kappa shape index (κ3) is 2.81. The normalized spacial score (nSPS) is 11.0. The lowest BCUT2D eigenvalue weighted by atomic mass is 10.2. The van der Waals surface area contributed by atoms with Crippen LogP contribution in [0.15, 0.2) is 35.3 Å². The molecule has 0 aliphatic rings. The molecule has 114 valence electrons. The molecule has 0 saturated carbocycles. The number of H-pyrrole nitrogens is 1. The molecule has 0 aliphatic carbocycles. The molecule has 0 atom stereocenters. The number of imidazole rings is 1. The van der Waals surface area contributed by atoms with Gasteiger partial charge in [-0.1, -0.05) is 29.8 Å². The number of aromatic nitrogens is 4. The fourth-order valence-corrected chi connectivity index (χ4v) is 2.35. The maximum Gasteiger partial charge on any atom is 0.328 e. The number of rotatable bonds is 5. The van der Waals surface area contributed by atoms with Gasteiger partial charge in [0.25, 0.3) is 0 Å². The summed E-state index contributed by atoms with van der Waals surface area (Å²) >= 11 is 6.16. The van der Waals surface area contributed by atoms with E-state index in [0.29, 0.717) is 41.8 Å². The number of halogens is 1. The Labute approximate surface area is 131 Å². The lowest BCUT2D eigenvalue weighted by Gasteiger charge is -2.06. The lowest BCUT2D eigenvalue weighted by Crippen LogP contribution is -2.18. The Bertz CT molecular complexity index is 856. The average molecular weight is 319 g/mol. The zero-order valence-corrected chi connectivity index (χ0v) is 12.5. The van der Waals surface area contributed by atoms with Gasteiger partial charge in [-0.25, -0.2) is 9.78 Å². The number of nitrogens with one attached hydrogen (secondary N) is 2. The number of nitrogens with zero attached hydrogens (tertiary/aromatic N) is 3. The molecule has 22 heavy (non-hydrogen) atoms. The molecule has 0 aliphatic heterocycles. The molecule has 0 unspecified atom stereocenters. The summed E-state index contributed by atoms with van der Waals surface area (Å²) in [5.41, 5.74) is 7.15. The quantitative estimate of drug-likeness (QED) is 0.656. The Morgan fingerprint density at radius 1 is 1.36 bits per heavy atom. The molecule has 0 saturated heterocycles. The zero-order valence-electron chi connectivity index (χ0n) is 11.7. The molecule has 0 bridgehead atoms. The van der Waals surface area contributed by atoms with Crippen LogP contribution in [0.4, 0.5) is 5.95 Å². The highest BCUT2D eigenvalue weighted by Crippen LogP contribution is 2.17. The second-order valence-corrected chi connectivity index (χ2v) is 5.16. The Morgan fingerprint density at radius 2 is 2.18 bits per heavy atom. The molecule has 0 fully saturated rings. The van der Waals surface area contributed by atoms with Crippen LogP contribution in [0.25, 0.3) is 11.2 Å². The van der Waals surface area contributed by atoms with E-state index in [1.165, 1.54) is 4.57 Å². The largest absolute Gasteiger partial charge is 0.353 e. The van der Waals surface area contributed by atoms with Crippen molar-refractivity contribution in [3.63, 3.8) is 0 Å². The van der Waals surface area contributed by atoms with Crippen LogP contribution in [0.5, 0.6) is 0 Å². The number of hydrogen-bond acceptors (Lipinski definition) is 5. The van der Waals surface area contributed by atoms with Gasteiger partial charge in [-0.2, -0.15) is 4.98 Å². The van der Waals surface area contributed by atoms with Gasteiger partial charge in [0, 0.05) is 18.1 Å². The first kappa shape index (κ1) is 14.6. The highest BCUT2D eigenvalue weighted by Gasteiger charge is 2.11. The fraction of sp³-hybridized carbons (Fsp3) is 0.214. The Balaban J connectivity index is 2.02. The van der Waals surface area contributed by atoms with Crippen molar-refractivity contribution in [1.29, 1.82) is 0 Å². The SMILES string of the molecule is NCCNc1ncc2[nH]c(=O)n(Cc3ccccc3Cl)c2n1. The van der Waals surface area contributed by atoms with Crippen molar-refractivity contribution in [3.8, 4) is 0 Å². The van der Waals surface area contributed by atoms with E-state index < -0.39 is 0 Å². The first-order valence-corrected chi connectivity index (χ1v) is 7.19. The van der Waals surface area contributed by atoms with E-state index in [9.17, 15) is 4.79 Å². The summed E-state index contributed by atoms with van der Waals surface area (Å²) < 4.78 is 1.53. The lowest BCUT2D eigenvalue weighted by molar-refractivity contribution is 0.777. The minimum absolute atomic E-state index is 0.250. The van der Waals surface area contributed by atoms with E-state index in [1.54, 1.807) is 12.3 Å². The highest BCUT2D eigenvalue weighted by atomic mass is 35.5. The van der Waals surface area contributed by atoms with Gasteiger partial charge in [-0.05, 0) is 11.6 Å². The monoisotopic (exact) mass is 318 g/mol. The molecule has 1 aromatic carbocycles. The van der Waals surface area contributed by atoms with Crippen LogP contribution in [-0.2, 0) is 6.54 Å². The van der Waals surface area contributed by atoms with Gasteiger partial charge in [-0.3, -0.25) is 4.57 Å². The van der Waals surface area contributed by atoms with Crippen molar-refractivity contribution in [2.45, 2.75) is 6.54 Å². The van der Waals surface area contributed by atoms with E-state index in [4.69, 9.17) is 17.3 Å². The summed E-state index contributed by atoms with van der Waals surface area (Å²) in [6.07, 6.45) is 1.58. The van der Waals surface area contributed by atoms with E-state index >= 15 is 0 Å². The summed E-state index contributed by atoms with van der Waals surface area (Å²) in [6.45, 7) is 1.37. The topological polar surface area (TPSA) is 102 Å². The second-order valence-electron chi connectivity index (χ2n) is 4.75. The van der Waals surface area contributed by atoms with Crippen molar-refractivity contribution < 1.29 is 0 Å². The number of fused-ring (bicyclic) bond motifs is 1. The van der Waals surface area contributed by atoms with Crippen LogP contribution in [0, 0.1) is 0 Å². The Morgan fingerprint density at radius 3 is 2.95 bits per heavy atom. The fourth-order valence-electron chi connectivity index (χ4n) is 2.16. The molecule has 2 heterocycles. The first-order chi connectivity index (χ1) is 10.7.